The highest BCUT2D eigenvalue weighted by molar-refractivity contribution is 6.31. The van der Waals surface area contributed by atoms with Gasteiger partial charge in [0.05, 0.1) is 6.61 Å². The summed E-state index contributed by atoms with van der Waals surface area (Å²) in [7, 11) is 0. The average Bonchev–Trinajstić information content (AvgIpc) is 2.90. The molecule has 0 saturated carbocycles. The number of hydrogen-bond donors (Lipinski definition) is 0. The molecule has 1 atom stereocenters. The molecule has 1 aromatic carbocycles. The van der Waals surface area contributed by atoms with Crippen LogP contribution in [0, 0.1) is 12.7 Å². The van der Waals surface area contributed by atoms with Crippen molar-refractivity contribution in [2.75, 3.05) is 19.7 Å². The number of ether oxygens (including phenoxy) is 1. The zero-order valence-corrected chi connectivity index (χ0v) is 12.3. The first-order valence-corrected chi connectivity index (χ1v) is 7.07. The number of nitrogens with zero attached hydrogens (tertiary/aromatic N) is 3. The van der Waals surface area contributed by atoms with Crippen LogP contribution >= 0.6 is 11.6 Å². The van der Waals surface area contributed by atoms with E-state index in [0.29, 0.717) is 36.5 Å². The minimum absolute atomic E-state index is 0.257. The van der Waals surface area contributed by atoms with Crippen molar-refractivity contribution in [2.24, 2.45) is 0 Å². The van der Waals surface area contributed by atoms with Crippen LogP contribution in [0.3, 0.4) is 0 Å². The molecule has 1 aliphatic rings. The molecule has 0 N–H and O–H groups in total. The number of hydrogen-bond acceptors (Lipinski definition) is 5. The Bertz CT molecular complexity index is 634. The highest BCUT2D eigenvalue weighted by Gasteiger charge is 2.26. The third-order valence-corrected chi connectivity index (χ3v) is 3.74. The fourth-order valence-electron chi connectivity index (χ4n) is 2.34. The molecule has 1 saturated heterocycles. The summed E-state index contributed by atoms with van der Waals surface area (Å²) in [5.41, 5.74) is 0.763. The molecular formula is C14H15ClFN3O2. The third kappa shape index (κ3) is 3.40. The lowest BCUT2D eigenvalue weighted by Crippen LogP contribution is -2.38. The number of aryl methyl sites for hydroxylation is 1. The summed E-state index contributed by atoms with van der Waals surface area (Å²) in [6.45, 7) is 4.21. The lowest BCUT2D eigenvalue weighted by Gasteiger charge is -2.31. The van der Waals surface area contributed by atoms with Crippen molar-refractivity contribution in [2.45, 2.75) is 19.6 Å². The Morgan fingerprint density at radius 1 is 1.43 bits per heavy atom. The van der Waals surface area contributed by atoms with Gasteiger partial charge in [-0.2, -0.15) is 0 Å². The van der Waals surface area contributed by atoms with Crippen molar-refractivity contribution in [3.05, 3.63) is 46.4 Å². The molecule has 0 radical (unpaired) electrons. The van der Waals surface area contributed by atoms with Crippen molar-refractivity contribution >= 4 is 11.6 Å². The summed E-state index contributed by atoms with van der Waals surface area (Å²) in [5, 5.41) is 8.36. The predicted octanol–water partition coefficient (Wildman–Crippen LogP) is 2.74. The summed E-state index contributed by atoms with van der Waals surface area (Å²) in [4.78, 5) is 2.13. The predicted molar refractivity (Wildman–Crippen MR) is 74.4 cm³/mol. The van der Waals surface area contributed by atoms with Gasteiger partial charge >= 0.3 is 0 Å². The first-order valence-electron chi connectivity index (χ1n) is 6.69. The van der Waals surface area contributed by atoms with Crippen LogP contribution in [0.4, 0.5) is 4.39 Å². The minimum Gasteiger partial charge on any atom is -0.423 e. The number of rotatable bonds is 3. The van der Waals surface area contributed by atoms with Gasteiger partial charge in [-0.3, -0.25) is 4.90 Å². The van der Waals surface area contributed by atoms with E-state index in [9.17, 15) is 4.39 Å². The molecule has 0 spiro atoms. The lowest BCUT2D eigenvalue weighted by molar-refractivity contribution is -0.0457. The van der Waals surface area contributed by atoms with Gasteiger partial charge in [0.1, 0.15) is 11.9 Å². The number of morpholine rings is 1. The molecule has 2 aromatic rings. The second-order valence-corrected chi connectivity index (χ2v) is 5.40. The molecule has 1 aromatic heterocycles. The van der Waals surface area contributed by atoms with E-state index in [4.69, 9.17) is 20.8 Å². The summed E-state index contributed by atoms with van der Waals surface area (Å²) >= 11 is 6.11. The maximum Gasteiger partial charge on any atom is 0.246 e. The molecule has 1 unspecified atom stereocenters. The van der Waals surface area contributed by atoms with E-state index in [1.165, 1.54) is 12.1 Å². The van der Waals surface area contributed by atoms with Gasteiger partial charge in [0.25, 0.3) is 0 Å². The highest BCUT2D eigenvalue weighted by atomic mass is 35.5. The smallest absolute Gasteiger partial charge is 0.246 e. The molecular weight excluding hydrogens is 297 g/mol. The first kappa shape index (κ1) is 14.4. The molecule has 0 amide bonds. The van der Waals surface area contributed by atoms with Gasteiger partial charge in [-0.15, -0.1) is 10.2 Å². The molecule has 1 aliphatic heterocycles. The van der Waals surface area contributed by atoms with Crippen molar-refractivity contribution in [3.8, 4) is 0 Å². The Balaban J connectivity index is 1.70. The van der Waals surface area contributed by atoms with E-state index in [1.807, 2.05) is 0 Å². The Labute approximate surface area is 126 Å². The molecule has 3 rings (SSSR count). The van der Waals surface area contributed by atoms with Crippen molar-refractivity contribution in [1.29, 1.82) is 0 Å². The van der Waals surface area contributed by atoms with Crippen LogP contribution in [0.1, 0.15) is 23.4 Å². The van der Waals surface area contributed by atoms with E-state index in [-0.39, 0.29) is 11.9 Å². The second-order valence-electron chi connectivity index (χ2n) is 4.99. The van der Waals surface area contributed by atoms with Gasteiger partial charge in [0.15, 0.2) is 0 Å². The molecule has 112 valence electrons. The van der Waals surface area contributed by atoms with Crippen LogP contribution in [0.25, 0.3) is 0 Å². The van der Waals surface area contributed by atoms with Crippen molar-refractivity contribution < 1.29 is 13.5 Å². The van der Waals surface area contributed by atoms with Gasteiger partial charge in [-0.25, -0.2) is 4.39 Å². The van der Waals surface area contributed by atoms with Crippen LogP contribution in [-0.4, -0.2) is 34.8 Å². The number of halogens is 2. The minimum atomic E-state index is -0.285. The molecule has 0 bridgehead atoms. The zero-order chi connectivity index (χ0) is 14.8. The van der Waals surface area contributed by atoms with Gasteiger partial charge in [0, 0.05) is 31.6 Å². The van der Waals surface area contributed by atoms with E-state index in [0.717, 1.165) is 12.1 Å². The van der Waals surface area contributed by atoms with E-state index in [2.05, 4.69) is 15.1 Å². The normalized spacial score (nSPS) is 19.9. The van der Waals surface area contributed by atoms with Crippen LogP contribution in [0.5, 0.6) is 0 Å². The first-order chi connectivity index (χ1) is 10.1. The van der Waals surface area contributed by atoms with Gasteiger partial charge < -0.3 is 9.15 Å². The summed E-state index contributed by atoms with van der Waals surface area (Å²) < 4.78 is 24.4. The zero-order valence-electron chi connectivity index (χ0n) is 11.6. The molecule has 21 heavy (non-hydrogen) atoms. The number of aromatic nitrogens is 2. The SMILES string of the molecule is Cc1nnc(C2CN(Cc3cc(F)ccc3Cl)CCO2)o1. The molecule has 2 heterocycles. The maximum absolute atomic E-state index is 13.3. The van der Waals surface area contributed by atoms with E-state index < -0.39 is 0 Å². The quantitative estimate of drug-likeness (QED) is 0.872. The molecule has 0 aliphatic carbocycles. The Hall–Kier alpha value is -1.50. The van der Waals surface area contributed by atoms with Crippen LogP contribution in [-0.2, 0) is 11.3 Å². The summed E-state index contributed by atoms with van der Waals surface area (Å²) in [6, 6.07) is 4.39. The highest BCUT2D eigenvalue weighted by Crippen LogP contribution is 2.24. The Morgan fingerprint density at radius 3 is 3.05 bits per heavy atom. The van der Waals surface area contributed by atoms with Crippen LogP contribution in [0.15, 0.2) is 22.6 Å². The van der Waals surface area contributed by atoms with Crippen LogP contribution < -0.4 is 0 Å². The molecule has 7 heteroatoms. The lowest BCUT2D eigenvalue weighted by atomic mass is 10.2. The summed E-state index contributed by atoms with van der Waals surface area (Å²) in [5.74, 6) is 0.702. The van der Waals surface area contributed by atoms with E-state index in [1.54, 1.807) is 13.0 Å². The topological polar surface area (TPSA) is 51.4 Å². The third-order valence-electron chi connectivity index (χ3n) is 3.37. The fraction of sp³-hybridized carbons (Fsp3) is 0.429. The molecule has 5 nitrogen and oxygen atoms in total. The molecule has 1 fully saturated rings. The fourth-order valence-corrected chi connectivity index (χ4v) is 2.52. The van der Waals surface area contributed by atoms with Crippen molar-refractivity contribution in [1.82, 2.24) is 15.1 Å². The van der Waals surface area contributed by atoms with Crippen molar-refractivity contribution in [3.63, 3.8) is 0 Å². The standard InChI is InChI=1S/C14H15ClFN3O2/c1-9-17-18-14(21-9)13-8-19(4-5-20-13)7-10-6-11(16)2-3-12(10)15/h2-3,6,13H,4-5,7-8H2,1H3. The second kappa shape index (κ2) is 6.09. The van der Waals surface area contributed by atoms with Gasteiger partial charge in [0.2, 0.25) is 11.8 Å². The van der Waals surface area contributed by atoms with E-state index >= 15 is 0 Å². The Morgan fingerprint density at radius 2 is 2.29 bits per heavy atom. The Kier molecular flexibility index (Phi) is 4.19. The summed E-state index contributed by atoms with van der Waals surface area (Å²) in [6.07, 6.45) is -0.257. The largest absolute Gasteiger partial charge is 0.423 e. The van der Waals surface area contributed by atoms with Crippen LogP contribution in [0.2, 0.25) is 5.02 Å². The number of benzene rings is 1. The maximum atomic E-state index is 13.3. The average molecular weight is 312 g/mol. The van der Waals surface area contributed by atoms with Gasteiger partial charge in [-0.05, 0) is 23.8 Å². The van der Waals surface area contributed by atoms with Gasteiger partial charge in [-0.1, -0.05) is 11.6 Å². The monoisotopic (exact) mass is 311 g/mol.